The first-order chi connectivity index (χ1) is 13.6. The molecule has 1 heterocycles. The highest BCUT2D eigenvalue weighted by Gasteiger charge is 2.23. The molecule has 1 aliphatic heterocycles. The van der Waals surface area contributed by atoms with Gasteiger partial charge in [0.2, 0.25) is 5.91 Å². The monoisotopic (exact) mass is 392 g/mol. The molecule has 1 aromatic rings. The van der Waals surface area contributed by atoms with Crippen LogP contribution in [-0.2, 0) is 4.79 Å². The molecule has 0 saturated carbocycles. The van der Waals surface area contributed by atoms with E-state index in [0.717, 1.165) is 44.9 Å². The lowest BCUT2D eigenvalue weighted by Crippen LogP contribution is -2.46. The fraction of sp³-hybridized carbons (Fsp3) is 0.619. The summed E-state index contributed by atoms with van der Waals surface area (Å²) in [6.07, 6.45) is 3.09. The van der Waals surface area contributed by atoms with Gasteiger partial charge < -0.3 is 20.3 Å². The first-order valence-corrected chi connectivity index (χ1v) is 10.2. The molecule has 1 saturated heterocycles. The summed E-state index contributed by atoms with van der Waals surface area (Å²) >= 11 is 0. The van der Waals surface area contributed by atoms with Crippen LogP contribution in [0.4, 0.5) is 4.39 Å². The minimum absolute atomic E-state index is 0.107. The van der Waals surface area contributed by atoms with Crippen molar-refractivity contribution >= 4 is 11.9 Å². The Morgan fingerprint density at radius 1 is 1.32 bits per heavy atom. The van der Waals surface area contributed by atoms with Crippen molar-refractivity contribution in [1.29, 1.82) is 0 Å². The van der Waals surface area contributed by atoms with Gasteiger partial charge in [0.1, 0.15) is 6.10 Å². The number of benzene rings is 1. The number of likely N-dealkylation sites (tertiary alicyclic amines) is 1. The molecule has 0 aliphatic carbocycles. The number of ether oxygens (including phenoxy) is 1. The summed E-state index contributed by atoms with van der Waals surface area (Å²) in [6.45, 7) is 7.05. The smallest absolute Gasteiger partial charge is 0.220 e. The predicted octanol–water partition coefficient (Wildman–Crippen LogP) is 2.80. The number of piperidine rings is 1. The lowest BCUT2D eigenvalue weighted by molar-refractivity contribution is -0.121. The van der Waals surface area contributed by atoms with Crippen LogP contribution in [-0.4, -0.2) is 56.1 Å². The Labute approximate surface area is 167 Å². The van der Waals surface area contributed by atoms with Crippen molar-refractivity contribution in [2.75, 3.05) is 33.2 Å². The van der Waals surface area contributed by atoms with Gasteiger partial charge in [0.05, 0.1) is 6.54 Å². The van der Waals surface area contributed by atoms with E-state index >= 15 is 0 Å². The highest BCUT2D eigenvalue weighted by molar-refractivity contribution is 5.80. The van der Waals surface area contributed by atoms with E-state index in [1.807, 2.05) is 13.8 Å². The fourth-order valence-corrected chi connectivity index (χ4v) is 3.30. The van der Waals surface area contributed by atoms with Gasteiger partial charge in [0.25, 0.3) is 0 Å². The number of aliphatic imine (C=N–C) groups is 1. The van der Waals surface area contributed by atoms with Crippen molar-refractivity contribution in [1.82, 2.24) is 15.5 Å². The largest absolute Gasteiger partial charge is 0.485 e. The first kappa shape index (κ1) is 22.0. The van der Waals surface area contributed by atoms with Crippen LogP contribution >= 0.6 is 0 Å². The van der Waals surface area contributed by atoms with Gasteiger partial charge in [-0.1, -0.05) is 19.1 Å². The minimum atomic E-state index is -0.352. The molecule has 6 nitrogen and oxygen atoms in total. The summed E-state index contributed by atoms with van der Waals surface area (Å²) in [5, 5.41) is 6.04. The van der Waals surface area contributed by atoms with Crippen LogP contribution < -0.4 is 15.4 Å². The van der Waals surface area contributed by atoms with Crippen LogP contribution in [0.2, 0.25) is 0 Å². The second-order valence-corrected chi connectivity index (χ2v) is 7.08. The van der Waals surface area contributed by atoms with Gasteiger partial charge in [0, 0.05) is 33.1 Å². The molecule has 0 spiro atoms. The normalized spacial score (nSPS) is 16.6. The highest BCUT2D eigenvalue weighted by atomic mass is 19.1. The third-order valence-corrected chi connectivity index (χ3v) is 5.03. The molecule has 2 rings (SSSR count). The van der Waals surface area contributed by atoms with Gasteiger partial charge in [-0.15, -0.1) is 0 Å². The fourth-order valence-electron chi connectivity index (χ4n) is 3.30. The van der Waals surface area contributed by atoms with Gasteiger partial charge in [-0.05, 0) is 44.2 Å². The predicted molar refractivity (Wildman–Crippen MR) is 110 cm³/mol. The molecule has 0 aromatic heterocycles. The van der Waals surface area contributed by atoms with Crippen LogP contribution in [0.1, 0.15) is 39.5 Å². The number of nitrogens with one attached hydrogen (secondary N) is 2. The summed E-state index contributed by atoms with van der Waals surface area (Å²) in [6, 6.07) is 6.46. The number of hydrogen-bond acceptors (Lipinski definition) is 3. The van der Waals surface area contributed by atoms with Crippen molar-refractivity contribution in [3.05, 3.63) is 30.1 Å². The Morgan fingerprint density at radius 3 is 2.64 bits per heavy atom. The summed E-state index contributed by atoms with van der Waals surface area (Å²) in [7, 11) is 1.68. The second kappa shape index (κ2) is 11.5. The average Bonchev–Trinajstić information content (AvgIpc) is 2.72. The molecule has 1 aliphatic rings. The van der Waals surface area contributed by atoms with E-state index in [9.17, 15) is 9.18 Å². The Bertz CT molecular complexity index is 645. The number of nitrogens with zero attached hydrogens (tertiary/aromatic N) is 2. The van der Waals surface area contributed by atoms with Gasteiger partial charge >= 0.3 is 0 Å². The van der Waals surface area contributed by atoms with E-state index in [0.29, 0.717) is 18.9 Å². The maximum Gasteiger partial charge on any atom is 0.220 e. The molecular formula is C21H33FN4O2. The summed E-state index contributed by atoms with van der Waals surface area (Å²) in [5.74, 6) is 1.30. The highest BCUT2D eigenvalue weighted by Crippen LogP contribution is 2.21. The van der Waals surface area contributed by atoms with E-state index < -0.39 is 0 Å². The Kier molecular flexibility index (Phi) is 9.04. The first-order valence-electron chi connectivity index (χ1n) is 10.2. The number of hydrogen-bond donors (Lipinski definition) is 2. The number of guanidine groups is 1. The maximum atomic E-state index is 13.8. The van der Waals surface area contributed by atoms with Crippen molar-refractivity contribution < 1.29 is 13.9 Å². The number of carbonyl (C=O) groups is 1. The quantitative estimate of drug-likeness (QED) is 0.527. The zero-order valence-electron chi connectivity index (χ0n) is 17.2. The van der Waals surface area contributed by atoms with Crippen LogP contribution in [0, 0.1) is 11.7 Å². The Morgan fingerprint density at radius 2 is 2.04 bits per heavy atom. The summed E-state index contributed by atoms with van der Waals surface area (Å²) in [4.78, 5) is 18.6. The van der Waals surface area contributed by atoms with E-state index in [1.165, 1.54) is 6.07 Å². The lowest BCUT2D eigenvalue weighted by Gasteiger charge is -2.34. The molecule has 1 atom stereocenters. The second-order valence-electron chi connectivity index (χ2n) is 7.08. The molecule has 1 unspecified atom stereocenters. The SMILES string of the molecule is CCNC(=NCC(CC)Oc1ccccc1F)N1CCC(CC(=O)NC)CC1. The Balaban J connectivity index is 1.94. The molecule has 28 heavy (non-hydrogen) atoms. The third kappa shape index (κ3) is 6.69. The van der Waals surface area contributed by atoms with Crippen molar-refractivity contribution in [2.24, 2.45) is 10.9 Å². The molecule has 0 radical (unpaired) electrons. The van der Waals surface area contributed by atoms with Crippen molar-refractivity contribution in [3.8, 4) is 5.75 Å². The van der Waals surface area contributed by atoms with E-state index in [4.69, 9.17) is 9.73 Å². The third-order valence-electron chi connectivity index (χ3n) is 5.03. The minimum Gasteiger partial charge on any atom is -0.485 e. The van der Waals surface area contributed by atoms with Crippen LogP contribution in [0.3, 0.4) is 0 Å². The van der Waals surface area contributed by atoms with Crippen LogP contribution in [0.15, 0.2) is 29.3 Å². The average molecular weight is 393 g/mol. The zero-order valence-corrected chi connectivity index (χ0v) is 17.2. The summed E-state index contributed by atoms with van der Waals surface area (Å²) in [5.41, 5.74) is 0. The molecular weight excluding hydrogens is 359 g/mol. The lowest BCUT2D eigenvalue weighted by atomic mass is 9.93. The molecule has 2 N–H and O–H groups in total. The standard InChI is InChI=1S/C21H33FN4O2/c1-4-17(28-19-9-7-6-8-18(19)22)15-25-21(24-5-2)26-12-10-16(11-13-26)14-20(27)23-3/h6-9,16-17H,4-5,10-15H2,1-3H3,(H,23,27)(H,24,25). The van der Waals surface area contributed by atoms with E-state index in [2.05, 4.69) is 15.5 Å². The van der Waals surface area contributed by atoms with E-state index in [-0.39, 0.29) is 23.6 Å². The van der Waals surface area contributed by atoms with Crippen LogP contribution in [0.25, 0.3) is 0 Å². The molecule has 0 bridgehead atoms. The molecule has 1 amide bonds. The number of amides is 1. The van der Waals surface area contributed by atoms with Crippen molar-refractivity contribution in [2.45, 2.75) is 45.6 Å². The number of rotatable bonds is 8. The number of carbonyl (C=O) groups excluding carboxylic acids is 1. The summed E-state index contributed by atoms with van der Waals surface area (Å²) < 4.78 is 19.7. The zero-order chi connectivity index (χ0) is 20.4. The molecule has 156 valence electrons. The number of halogens is 1. The van der Waals surface area contributed by atoms with E-state index in [1.54, 1.807) is 25.2 Å². The van der Waals surface area contributed by atoms with Gasteiger partial charge in [0.15, 0.2) is 17.5 Å². The van der Waals surface area contributed by atoms with Crippen LogP contribution in [0.5, 0.6) is 5.75 Å². The van der Waals surface area contributed by atoms with Gasteiger partial charge in [-0.2, -0.15) is 0 Å². The van der Waals surface area contributed by atoms with Gasteiger partial charge in [-0.25, -0.2) is 9.38 Å². The molecule has 1 aromatic carbocycles. The van der Waals surface area contributed by atoms with Crippen molar-refractivity contribution in [3.63, 3.8) is 0 Å². The molecule has 1 fully saturated rings. The molecule has 7 heteroatoms. The number of para-hydroxylation sites is 1. The topological polar surface area (TPSA) is 66.0 Å². The van der Waals surface area contributed by atoms with Gasteiger partial charge in [-0.3, -0.25) is 4.79 Å². The Hall–Kier alpha value is -2.31. The maximum absolute atomic E-state index is 13.8.